The van der Waals surface area contributed by atoms with Crippen LogP contribution in [0.4, 0.5) is 0 Å². The van der Waals surface area contributed by atoms with E-state index in [9.17, 15) is 0 Å². The molecule has 0 aliphatic carbocycles. The topological polar surface area (TPSA) is 36.4 Å². The van der Waals surface area contributed by atoms with Crippen molar-refractivity contribution in [1.29, 1.82) is 0 Å². The first-order valence-electron chi connectivity index (χ1n) is 3.22. The average molecular weight is 136 g/mol. The lowest BCUT2D eigenvalue weighted by molar-refractivity contribution is -0.0969. The molecule has 0 saturated carbocycles. The van der Waals surface area contributed by atoms with E-state index in [4.69, 9.17) is 5.21 Å². The second-order valence-electron chi connectivity index (χ2n) is 2.47. The molecule has 3 heteroatoms. The third-order valence-electron chi connectivity index (χ3n) is 1.71. The molecule has 1 aromatic heterocycles. The van der Waals surface area contributed by atoms with Crippen LogP contribution in [-0.2, 0) is 13.1 Å². The number of fused-ring (bicyclic) bond motifs is 1. The van der Waals surface area contributed by atoms with Gasteiger partial charge in [0.1, 0.15) is 0 Å². The third-order valence-corrected chi connectivity index (χ3v) is 1.71. The van der Waals surface area contributed by atoms with Crippen molar-refractivity contribution in [2.75, 3.05) is 0 Å². The summed E-state index contributed by atoms with van der Waals surface area (Å²) in [6.07, 6.45) is 3.55. The van der Waals surface area contributed by atoms with Crippen LogP contribution >= 0.6 is 0 Å². The van der Waals surface area contributed by atoms with Crippen LogP contribution in [0.15, 0.2) is 18.5 Å². The van der Waals surface area contributed by atoms with Gasteiger partial charge in [0.25, 0.3) is 0 Å². The van der Waals surface area contributed by atoms with Gasteiger partial charge in [-0.25, -0.2) is 0 Å². The second-order valence-corrected chi connectivity index (χ2v) is 2.47. The molecule has 0 radical (unpaired) electrons. The lowest BCUT2D eigenvalue weighted by atomic mass is 10.2. The summed E-state index contributed by atoms with van der Waals surface area (Å²) in [7, 11) is 0. The second kappa shape index (κ2) is 2.04. The Bertz CT molecular complexity index is 224. The van der Waals surface area contributed by atoms with Gasteiger partial charge in [0.15, 0.2) is 0 Å². The molecule has 10 heavy (non-hydrogen) atoms. The Kier molecular flexibility index (Phi) is 1.19. The maximum atomic E-state index is 9.06. The molecule has 3 nitrogen and oxygen atoms in total. The van der Waals surface area contributed by atoms with E-state index in [0.29, 0.717) is 13.1 Å². The molecule has 0 fully saturated rings. The highest BCUT2D eigenvalue weighted by atomic mass is 16.5. The van der Waals surface area contributed by atoms with E-state index in [1.54, 1.807) is 12.4 Å². The SMILES string of the molecule is ON1Cc2ccncc2C1. The molecule has 0 atom stereocenters. The van der Waals surface area contributed by atoms with E-state index >= 15 is 0 Å². The van der Waals surface area contributed by atoms with Crippen LogP contribution in [0.25, 0.3) is 0 Å². The number of aromatic nitrogens is 1. The lowest BCUT2D eigenvalue weighted by Crippen LogP contribution is -2.08. The summed E-state index contributed by atoms with van der Waals surface area (Å²) < 4.78 is 0. The number of hydroxylamine groups is 2. The highest BCUT2D eigenvalue weighted by molar-refractivity contribution is 5.25. The molecule has 1 aromatic rings. The zero-order valence-electron chi connectivity index (χ0n) is 5.49. The van der Waals surface area contributed by atoms with E-state index in [0.717, 1.165) is 5.56 Å². The minimum Gasteiger partial charge on any atom is -0.313 e. The molecule has 0 amide bonds. The van der Waals surface area contributed by atoms with E-state index < -0.39 is 0 Å². The van der Waals surface area contributed by atoms with Crippen molar-refractivity contribution >= 4 is 0 Å². The van der Waals surface area contributed by atoms with Crippen molar-refractivity contribution in [3.8, 4) is 0 Å². The number of rotatable bonds is 0. The largest absolute Gasteiger partial charge is 0.313 e. The number of nitrogens with zero attached hydrogens (tertiary/aromatic N) is 2. The zero-order chi connectivity index (χ0) is 6.97. The normalized spacial score (nSPS) is 17.3. The molecular formula is C7H8N2O. The van der Waals surface area contributed by atoms with E-state index in [-0.39, 0.29) is 0 Å². The zero-order valence-corrected chi connectivity index (χ0v) is 5.49. The van der Waals surface area contributed by atoms with Gasteiger partial charge in [-0.3, -0.25) is 4.98 Å². The Morgan fingerprint density at radius 2 is 2.20 bits per heavy atom. The smallest absolute Gasteiger partial charge is 0.0511 e. The average Bonchev–Trinajstić information content (AvgIpc) is 2.27. The van der Waals surface area contributed by atoms with Gasteiger partial charge in [-0.2, -0.15) is 5.06 Å². The summed E-state index contributed by atoms with van der Waals surface area (Å²) in [6, 6.07) is 1.94. The van der Waals surface area contributed by atoms with Crippen molar-refractivity contribution in [2.45, 2.75) is 13.1 Å². The molecule has 52 valence electrons. The quantitative estimate of drug-likeness (QED) is 0.572. The molecule has 0 spiro atoms. The van der Waals surface area contributed by atoms with Crippen molar-refractivity contribution in [3.05, 3.63) is 29.6 Å². The summed E-state index contributed by atoms with van der Waals surface area (Å²) in [5.74, 6) is 0. The van der Waals surface area contributed by atoms with Gasteiger partial charge in [-0.1, -0.05) is 0 Å². The fourth-order valence-corrected chi connectivity index (χ4v) is 1.20. The summed E-state index contributed by atoms with van der Waals surface area (Å²) in [6.45, 7) is 1.25. The fraction of sp³-hybridized carbons (Fsp3) is 0.286. The molecular weight excluding hydrogens is 128 g/mol. The van der Waals surface area contributed by atoms with Crippen LogP contribution in [0.2, 0.25) is 0 Å². The number of hydrogen-bond donors (Lipinski definition) is 1. The van der Waals surface area contributed by atoms with Gasteiger partial charge in [0.05, 0.1) is 6.54 Å². The Labute approximate surface area is 58.9 Å². The molecule has 2 rings (SSSR count). The van der Waals surface area contributed by atoms with Crippen LogP contribution in [0.5, 0.6) is 0 Å². The van der Waals surface area contributed by atoms with E-state index in [2.05, 4.69) is 4.98 Å². The maximum Gasteiger partial charge on any atom is 0.0511 e. The molecule has 0 saturated heterocycles. The standard InChI is InChI=1S/C7H8N2O/c10-9-4-6-1-2-8-3-7(6)5-9/h1-3,10H,4-5H2. The Morgan fingerprint density at radius 1 is 1.40 bits per heavy atom. The first-order valence-corrected chi connectivity index (χ1v) is 3.22. The molecule has 0 bridgehead atoms. The van der Waals surface area contributed by atoms with Gasteiger partial charge in [-0.15, -0.1) is 0 Å². The third kappa shape index (κ3) is 0.798. The monoisotopic (exact) mass is 136 g/mol. The van der Waals surface area contributed by atoms with Crippen LogP contribution in [-0.4, -0.2) is 15.3 Å². The van der Waals surface area contributed by atoms with E-state index in [1.165, 1.54) is 10.6 Å². The fourth-order valence-electron chi connectivity index (χ4n) is 1.20. The van der Waals surface area contributed by atoms with Crippen molar-refractivity contribution in [1.82, 2.24) is 10.0 Å². The van der Waals surface area contributed by atoms with Gasteiger partial charge in [0.2, 0.25) is 0 Å². The number of pyridine rings is 1. The van der Waals surface area contributed by atoms with Crippen LogP contribution < -0.4 is 0 Å². The molecule has 2 heterocycles. The molecule has 1 N–H and O–H groups in total. The first-order chi connectivity index (χ1) is 4.86. The Balaban J connectivity index is 2.42. The minimum atomic E-state index is 0.614. The van der Waals surface area contributed by atoms with Gasteiger partial charge in [0, 0.05) is 18.9 Å². The lowest BCUT2D eigenvalue weighted by Gasteiger charge is -2.00. The van der Waals surface area contributed by atoms with Crippen molar-refractivity contribution in [3.63, 3.8) is 0 Å². The van der Waals surface area contributed by atoms with Gasteiger partial charge >= 0.3 is 0 Å². The molecule has 1 aliphatic heterocycles. The van der Waals surface area contributed by atoms with Crippen LogP contribution in [0, 0.1) is 0 Å². The maximum absolute atomic E-state index is 9.06. The van der Waals surface area contributed by atoms with Crippen LogP contribution in [0.1, 0.15) is 11.1 Å². The highest BCUT2D eigenvalue weighted by Crippen LogP contribution is 2.18. The summed E-state index contributed by atoms with van der Waals surface area (Å²) in [5.41, 5.74) is 2.31. The van der Waals surface area contributed by atoms with Crippen LogP contribution in [0.3, 0.4) is 0 Å². The Hall–Kier alpha value is -0.930. The Morgan fingerprint density at radius 3 is 3.00 bits per heavy atom. The van der Waals surface area contributed by atoms with Gasteiger partial charge in [-0.05, 0) is 17.2 Å². The summed E-state index contributed by atoms with van der Waals surface area (Å²) in [4.78, 5) is 3.95. The summed E-state index contributed by atoms with van der Waals surface area (Å²) in [5, 5.41) is 10.3. The van der Waals surface area contributed by atoms with Gasteiger partial charge < -0.3 is 5.21 Å². The molecule has 0 aromatic carbocycles. The predicted octanol–water partition coefficient (Wildman–Crippen LogP) is 0.786. The summed E-state index contributed by atoms with van der Waals surface area (Å²) >= 11 is 0. The number of hydrogen-bond acceptors (Lipinski definition) is 3. The predicted molar refractivity (Wildman–Crippen MR) is 35.3 cm³/mol. The van der Waals surface area contributed by atoms with Crippen molar-refractivity contribution in [2.24, 2.45) is 0 Å². The highest BCUT2D eigenvalue weighted by Gasteiger charge is 2.15. The first kappa shape index (κ1) is 5.82. The van der Waals surface area contributed by atoms with Crippen molar-refractivity contribution < 1.29 is 5.21 Å². The molecule has 1 aliphatic rings. The minimum absolute atomic E-state index is 0.614. The molecule has 0 unspecified atom stereocenters. The van der Waals surface area contributed by atoms with E-state index in [1.807, 2.05) is 6.07 Å².